The molecule has 2 nitrogen and oxygen atoms in total. The standard InChI is InChI=1S/C8H6ClF2NO/c1-5-2-3-12-4-6(5)7(13)8(9,10)11/h2-4H,1H3. The second-order valence-electron chi connectivity index (χ2n) is 2.52. The lowest BCUT2D eigenvalue weighted by Gasteiger charge is -2.07. The van der Waals surface area contributed by atoms with Gasteiger partial charge in [0, 0.05) is 18.0 Å². The van der Waals surface area contributed by atoms with E-state index in [0.29, 0.717) is 5.56 Å². The number of rotatable bonds is 2. The van der Waals surface area contributed by atoms with Gasteiger partial charge in [-0.05, 0) is 30.2 Å². The fourth-order valence-corrected chi connectivity index (χ4v) is 0.956. The van der Waals surface area contributed by atoms with Gasteiger partial charge in [0.1, 0.15) is 0 Å². The summed E-state index contributed by atoms with van der Waals surface area (Å²) in [5.41, 5.74) is 0.280. The number of pyridine rings is 1. The first-order valence-electron chi connectivity index (χ1n) is 3.45. The largest absolute Gasteiger partial charge is 0.384 e. The number of aromatic nitrogens is 1. The third kappa shape index (κ3) is 2.21. The molecule has 0 saturated heterocycles. The number of carbonyl (C=O) groups is 1. The second kappa shape index (κ2) is 3.38. The van der Waals surface area contributed by atoms with Gasteiger partial charge in [-0.25, -0.2) is 0 Å². The monoisotopic (exact) mass is 205 g/mol. The molecule has 5 heteroatoms. The van der Waals surface area contributed by atoms with Gasteiger partial charge in [-0.15, -0.1) is 0 Å². The minimum absolute atomic E-state index is 0.150. The van der Waals surface area contributed by atoms with Crippen molar-refractivity contribution >= 4 is 17.4 Å². The fraction of sp³-hybridized carbons (Fsp3) is 0.250. The number of alkyl halides is 3. The van der Waals surface area contributed by atoms with Crippen LogP contribution in [0.2, 0.25) is 0 Å². The zero-order valence-corrected chi connectivity index (χ0v) is 7.48. The Labute approximate surface area is 78.5 Å². The van der Waals surface area contributed by atoms with E-state index in [4.69, 9.17) is 0 Å². The van der Waals surface area contributed by atoms with Crippen molar-refractivity contribution in [1.82, 2.24) is 4.98 Å². The van der Waals surface area contributed by atoms with Crippen molar-refractivity contribution in [2.45, 2.75) is 12.3 Å². The molecular formula is C8H6ClF2NO. The summed E-state index contributed by atoms with van der Waals surface area (Å²) in [7, 11) is 0. The third-order valence-corrected chi connectivity index (χ3v) is 1.71. The van der Waals surface area contributed by atoms with Crippen molar-refractivity contribution in [3.05, 3.63) is 29.6 Å². The Morgan fingerprint density at radius 3 is 2.69 bits per heavy atom. The highest BCUT2D eigenvalue weighted by Crippen LogP contribution is 2.25. The summed E-state index contributed by atoms with van der Waals surface area (Å²) in [6.07, 6.45) is 2.49. The molecule has 0 aliphatic rings. The van der Waals surface area contributed by atoms with E-state index in [0.717, 1.165) is 6.20 Å². The van der Waals surface area contributed by atoms with Crippen LogP contribution in [0.5, 0.6) is 0 Å². The second-order valence-corrected chi connectivity index (χ2v) is 2.99. The van der Waals surface area contributed by atoms with E-state index in [9.17, 15) is 13.6 Å². The van der Waals surface area contributed by atoms with Gasteiger partial charge in [0.25, 0.3) is 0 Å². The van der Waals surface area contributed by atoms with Gasteiger partial charge in [-0.3, -0.25) is 9.78 Å². The lowest BCUT2D eigenvalue weighted by molar-refractivity contribution is 0.0535. The molecule has 0 aliphatic carbocycles. The first-order chi connectivity index (χ1) is 5.93. The van der Waals surface area contributed by atoms with Crippen LogP contribution in [0, 0.1) is 6.92 Å². The van der Waals surface area contributed by atoms with Crippen molar-refractivity contribution in [3.8, 4) is 0 Å². The highest BCUT2D eigenvalue weighted by Gasteiger charge is 2.37. The van der Waals surface area contributed by atoms with Crippen LogP contribution in [0.3, 0.4) is 0 Å². The van der Waals surface area contributed by atoms with Crippen LogP contribution in [-0.4, -0.2) is 16.1 Å². The van der Waals surface area contributed by atoms with Gasteiger partial charge in [0.2, 0.25) is 5.78 Å². The molecule has 13 heavy (non-hydrogen) atoms. The van der Waals surface area contributed by atoms with E-state index in [1.165, 1.54) is 19.2 Å². The van der Waals surface area contributed by atoms with E-state index in [1.807, 2.05) is 0 Å². The molecule has 0 aromatic carbocycles. The predicted molar refractivity (Wildman–Crippen MR) is 44.1 cm³/mol. The molecule has 70 valence electrons. The van der Waals surface area contributed by atoms with E-state index >= 15 is 0 Å². The number of nitrogens with zero attached hydrogens (tertiary/aromatic N) is 1. The molecule has 0 saturated carbocycles. The number of carbonyl (C=O) groups excluding carboxylic acids is 1. The van der Waals surface area contributed by atoms with E-state index in [-0.39, 0.29) is 5.56 Å². The van der Waals surface area contributed by atoms with Gasteiger partial charge in [0.15, 0.2) is 0 Å². The predicted octanol–water partition coefficient (Wildman–Crippen LogP) is 2.40. The topological polar surface area (TPSA) is 30.0 Å². The van der Waals surface area contributed by atoms with Crippen molar-refractivity contribution in [2.75, 3.05) is 0 Å². The fourth-order valence-electron chi connectivity index (χ4n) is 0.854. The molecule has 0 aliphatic heterocycles. The molecule has 0 spiro atoms. The summed E-state index contributed by atoms with van der Waals surface area (Å²) in [5, 5.41) is -3.85. The number of ketones is 1. The Bertz CT molecular complexity index is 335. The highest BCUT2D eigenvalue weighted by molar-refractivity contribution is 6.35. The summed E-state index contributed by atoms with van der Waals surface area (Å²) in [6.45, 7) is 1.54. The van der Waals surface area contributed by atoms with E-state index in [2.05, 4.69) is 16.6 Å². The van der Waals surface area contributed by atoms with Crippen LogP contribution >= 0.6 is 11.6 Å². The van der Waals surface area contributed by atoms with Crippen molar-refractivity contribution in [2.24, 2.45) is 0 Å². The molecule has 0 unspecified atom stereocenters. The molecular weight excluding hydrogens is 200 g/mol. The van der Waals surface area contributed by atoms with Crippen LogP contribution in [0.4, 0.5) is 8.78 Å². The van der Waals surface area contributed by atoms with Crippen molar-refractivity contribution in [3.63, 3.8) is 0 Å². The summed E-state index contributed by atoms with van der Waals surface area (Å²) in [4.78, 5) is 14.5. The number of halogens is 3. The number of Topliss-reactive ketones (excluding diaryl/α,β-unsaturated/α-hetero) is 1. The van der Waals surface area contributed by atoms with Gasteiger partial charge in [0.05, 0.1) is 0 Å². The zero-order valence-electron chi connectivity index (χ0n) is 6.72. The quantitative estimate of drug-likeness (QED) is 0.548. The van der Waals surface area contributed by atoms with E-state index in [1.54, 1.807) is 0 Å². The first kappa shape index (κ1) is 10.1. The van der Waals surface area contributed by atoms with Crippen LogP contribution in [0.25, 0.3) is 0 Å². The summed E-state index contributed by atoms with van der Waals surface area (Å²) in [6, 6.07) is 1.47. The van der Waals surface area contributed by atoms with Gasteiger partial charge in [-0.1, -0.05) is 0 Å². The SMILES string of the molecule is Cc1ccncc1C(=O)C(F)(F)Cl. The lowest BCUT2D eigenvalue weighted by Crippen LogP contribution is -2.22. The maximum absolute atomic E-state index is 12.4. The summed E-state index contributed by atoms with van der Waals surface area (Å²) in [5.74, 6) is -1.42. The Kier molecular flexibility index (Phi) is 2.61. The molecule has 1 aromatic rings. The number of hydrogen-bond acceptors (Lipinski definition) is 2. The molecule has 0 bridgehead atoms. The molecule has 1 heterocycles. The van der Waals surface area contributed by atoms with Crippen molar-refractivity contribution in [1.29, 1.82) is 0 Å². The maximum Gasteiger partial charge on any atom is 0.384 e. The van der Waals surface area contributed by atoms with Crippen LogP contribution in [0.15, 0.2) is 18.5 Å². The Balaban J connectivity index is 3.10. The van der Waals surface area contributed by atoms with Crippen molar-refractivity contribution < 1.29 is 13.6 Å². The molecule has 0 radical (unpaired) electrons. The number of hydrogen-bond donors (Lipinski definition) is 0. The van der Waals surface area contributed by atoms with Crippen LogP contribution in [0.1, 0.15) is 15.9 Å². The molecule has 1 rings (SSSR count). The molecule has 0 amide bonds. The number of aryl methyl sites for hydroxylation is 1. The van der Waals surface area contributed by atoms with Gasteiger partial charge in [-0.2, -0.15) is 8.78 Å². The molecule has 0 N–H and O–H groups in total. The third-order valence-electron chi connectivity index (χ3n) is 1.54. The average Bonchev–Trinajstić information content (AvgIpc) is 2.02. The normalized spacial score (nSPS) is 11.4. The van der Waals surface area contributed by atoms with Gasteiger partial charge >= 0.3 is 5.38 Å². The zero-order chi connectivity index (χ0) is 10.1. The van der Waals surface area contributed by atoms with Crippen LogP contribution in [-0.2, 0) is 0 Å². The Hall–Kier alpha value is -1.03. The minimum Gasteiger partial charge on any atom is -0.286 e. The minimum atomic E-state index is -3.85. The molecule has 0 atom stereocenters. The van der Waals surface area contributed by atoms with Gasteiger partial charge < -0.3 is 0 Å². The smallest absolute Gasteiger partial charge is 0.286 e. The average molecular weight is 206 g/mol. The first-order valence-corrected chi connectivity index (χ1v) is 3.83. The Morgan fingerprint density at radius 2 is 2.23 bits per heavy atom. The lowest BCUT2D eigenvalue weighted by atomic mass is 10.1. The summed E-state index contributed by atoms with van der Waals surface area (Å²) >= 11 is 4.58. The highest BCUT2D eigenvalue weighted by atomic mass is 35.5. The molecule has 1 aromatic heterocycles. The van der Waals surface area contributed by atoms with Crippen LogP contribution < -0.4 is 0 Å². The molecule has 0 fully saturated rings. The summed E-state index contributed by atoms with van der Waals surface area (Å²) < 4.78 is 24.7. The maximum atomic E-state index is 12.4. The van der Waals surface area contributed by atoms with E-state index < -0.39 is 11.2 Å². The Morgan fingerprint density at radius 1 is 1.62 bits per heavy atom.